The minimum absolute atomic E-state index is 0.985. The van der Waals surface area contributed by atoms with E-state index in [4.69, 9.17) is 0 Å². The maximum absolute atomic E-state index is 4.02. The Morgan fingerprint density at radius 1 is 2.00 bits per heavy atom. The van der Waals surface area contributed by atoms with Gasteiger partial charge in [0.2, 0.25) is 0 Å². The first-order chi connectivity index (χ1) is 2.89. The third-order valence-corrected chi connectivity index (χ3v) is 1.71. The maximum atomic E-state index is 4.02. The van der Waals surface area contributed by atoms with Crippen LogP contribution in [0.2, 0.25) is 0 Å². The molecule has 0 unspecified atom stereocenters. The average molecular weight is 119 g/mol. The zero-order valence-electron chi connectivity index (χ0n) is 3.14. The van der Waals surface area contributed by atoms with Crippen molar-refractivity contribution in [2.45, 2.75) is 0 Å². The van der Waals surface area contributed by atoms with E-state index in [9.17, 15) is 0 Å². The molecule has 1 aliphatic rings. The number of thiol groups is 1. The van der Waals surface area contributed by atoms with E-state index in [1.807, 2.05) is 5.41 Å². The molecule has 0 radical (unpaired) electrons. The van der Waals surface area contributed by atoms with Gasteiger partial charge in [-0.2, -0.15) is 0 Å². The summed E-state index contributed by atoms with van der Waals surface area (Å²) in [7, 11) is 0. The number of hydrogen-bond acceptors (Lipinski definition) is 3. The van der Waals surface area contributed by atoms with Crippen molar-refractivity contribution in [2.24, 2.45) is 0 Å². The van der Waals surface area contributed by atoms with E-state index < -0.39 is 0 Å². The summed E-state index contributed by atoms with van der Waals surface area (Å²) in [6.07, 6.45) is 0. The second-order valence-corrected chi connectivity index (χ2v) is 2.33. The number of thioether (sulfide) groups is 1. The molecule has 1 N–H and O–H groups in total. The van der Waals surface area contributed by atoms with Crippen LogP contribution in [0.3, 0.4) is 0 Å². The van der Waals surface area contributed by atoms with E-state index in [0.29, 0.717) is 0 Å². The van der Waals surface area contributed by atoms with Gasteiger partial charge in [0.25, 0.3) is 0 Å². The summed E-state index contributed by atoms with van der Waals surface area (Å²) in [5.41, 5.74) is 0. The van der Waals surface area contributed by atoms with Gasteiger partial charge in [0.1, 0.15) is 0 Å². The maximum Gasteiger partial charge on any atom is 0.0721 e. The van der Waals surface area contributed by atoms with Crippen molar-refractivity contribution in [3.8, 4) is 0 Å². The normalized spacial score (nSPS) is 19.8. The molecular formula is C3H5NS2. The van der Waals surface area contributed by atoms with Gasteiger partial charge in [0, 0.05) is 5.41 Å². The van der Waals surface area contributed by atoms with Gasteiger partial charge in [-0.3, -0.25) is 0 Å². The first-order valence-corrected chi connectivity index (χ1v) is 3.14. The Labute approximate surface area is 46.6 Å². The van der Waals surface area contributed by atoms with Gasteiger partial charge in [0.05, 0.1) is 10.9 Å². The standard InChI is InChI=1S/C3H5NS2/c5-3-1-6-2-4-3/h1,4-5H,2H2. The van der Waals surface area contributed by atoms with Crippen LogP contribution in [0.5, 0.6) is 0 Å². The van der Waals surface area contributed by atoms with Gasteiger partial charge in [-0.25, -0.2) is 0 Å². The van der Waals surface area contributed by atoms with E-state index >= 15 is 0 Å². The molecule has 0 amide bonds. The van der Waals surface area contributed by atoms with Crippen molar-refractivity contribution in [3.63, 3.8) is 0 Å². The van der Waals surface area contributed by atoms with Crippen LogP contribution >= 0.6 is 24.4 Å². The molecule has 1 aliphatic heterocycles. The molecule has 0 aliphatic carbocycles. The minimum atomic E-state index is 0.985. The predicted molar refractivity (Wildman–Crippen MR) is 32.7 cm³/mol. The first kappa shape index (κ1) is 4.40. The average Bonchev–Trinajstić information content (AvgIpc) is 1.86. The Hall–Kier alpha value is 0.240. The van der Waals surface area contributed by atoms with Gasteiger partial charge in [0.15, 0.2) is 0 Å². The smallest absolute Gasteiger partial charge is 0.0721 e. The van der Waals surface area contributed by atoms with Crippen molar-refractivity contribution in [3.05, 3.63) is 10.4 Å². The van der Waals surface area contributed by atoms with Crippen LogP contribution in [0.1, 0.15) is 0 Å². The molecule has 0 spiro atoms. The van der Waals surface area contributed by atoms with Gasteiger partial charge >= 0.3 is 0 Å². The lowest BCUT2D eigenvalue weighted by atomic mass is 11.0. The topological polar surface area (TPSA) is 12.0 Å². The molecule has 3 heteroatoms. The largest absolute Gasteiger partial charge is 0.370 e. The fraction of sp³-hybridized carbons (Fsp3) is 0.333. The molecule has 1 heterocycles. The fourth-order valence-corrected chi connectivity index (χ4v) is 1.25. The molecule has 0 fully saturated rings. The summed E-state index contributed by atoms with van der Waals surface area (Å²) in [5.74, 6) is 0.985. The second kappa shape index (κ2) is 1.80. The third-order valence-electron chi connectivity index (χ3n) is 0.532. The monoisotopic (exact) mass is 119 g/mol. The van der Waals surface area contributed by atoms with Gasteiger partial charge in [-0.15, -0.1) is 24.4 Å². The van der Waals surface area contributed by atoms with E-state index in [2.05, 4.69) is 17.9 Å². The predicted octanol–water partition coefficient (Wildman–Crippen LogP) is 1.01. The van der Waals surface area contributed by atoms with Crippen molar-refractivity contribution in [1.29, 1.82) is 0 Å². The summed E-state index contributed by atoms with van der Waals surface area (Å²) in [6, 6.07) is 0. The zero-order valence-corrected chi connectivity index (χ0v) is 4.85. The molecule has 0 aromatic heterocycles. The Balaban J connectivity index is 2.45. The quantitative estimate of drug-likeness (QED) is 0.462. The molecule has 6 heavy (non-hydrogen) atoms. The lowest BCUT2D eigenvalue weighted by Crippen LogP contribution is -1.99. The molecule has 0 aromatic rings. The highest BCUT2D eigenvalue weighted by Crippen LogP contribution is 2.13. The summed E-state index contributed by atoms with van der Waals surface area (Å²) in [4.78, 5) is 0. The van der Waals surface area contributed by atoms with Crippen molar-refractivity contribution in [1.82, 2.24) is 5.32 Å². The summed E-state index contributed by atoms with van der Waals surface area (Å²) in [6.45, 7) is 0. The van der Waals surface area contributed by atoms with E-state index in [0.717, 1.165) is 10.9 Å². The Morgan fingerprint density at radius 3 is 3.00 bits per heavy atom. The molecule has 0 saturated heterocycles. The SMILES string of the molecule is SC1=CSCN1. The Kier molecular flexibility index (Phi) is 1.32. The summed E-state index contributed by atoms with van der Waals surface area (Å²) >= 11 is 5.75. The summed E-state index contributed by atoms with van der Waals surface area (Å²) < 4.78 is 0. The Bertz CT molecular complexity index is 78.9. The fourth-order valence-electron chi connectivity index (χ4n) is 0.278. The van der Waals surface area contributed by atoms with Crippen molar-refractivity contribution in [2.75, 3.05) is 5.88 Å². The van der Waals surface area contributed by atoms with Gasteiger partial charge in [-0.1, -0.05) is 0 Å². The molecule has 0 aromatic carbocycles. The molecule has 34 valence electrons. The molecule has 1 rings (SSSR count). The van der Waals surface area contributed by atoms with Gasteiger partial charge < -0.3 is 5.32 Å². The van der Waals surface area contributed by atoms with E-state index in [1.54, 1.807) is 11.8 Å². The van der Waals surface area contributed by atoms with Crippen LogP contribution < -0.4 is 5.32 Å². The van der Waals surface area contributed by atoms with Crippen LogP contribution in [-0.2, 0) is 0 Å². The minimum Gasteiger partial charge on any atom is -0.370 e. The van der Waals surface area contributed by atoms with Crippen LogP contribution in [0.15, 0.2) is 10.4 Å². The molecular weight excluding hydrogens is 114 g/mol. The number of hydrogen-bond donors (Lipinski definition) is 2. The molecule has 0 bridgehead atoms. The van der Waals surface area contributed by atoms with Crippen LogP contribution in [0, 0.1) is 0 Å². The van der Waals surface area contributed by atoms with E-state index in [-0.39, 0.29) is 0 Å². The lowest BCUT2D eigenvalue weighted by molar-refractivity contribution is 1.07. The van der Waals surface area contributed by atoms with Crippen molar-refractivity contribution < 1.29 is 0 Å². The highest BCUT2D eigenvalue weighted by Gasteiger charge is 1.93. The molecule has 0 atom stereocenters. The first-order valence-electron chi connectivity index (χ1n) is 1.64. The van der Waals surface area contributed by atoms with Crippen LogP contribution in [-0.4, -0.2) is 5.88 Å². The second-order valence-electron chi connectivity index (χ2n) is 0.991. The molecule has 0 saturated carbocycles. The van der Waals surface area contributed by atoms with E-state index in [1.165, 1.54) is 0 Å². The number of rotatable bonds is 0. The number of nitrogens with one attached hydrogen (secondary N) is 1. The highest BCUT2D eigenvalue weighted by molar-refractivity contribution is 8.03. The summed E-state index contributed by atoms with van der Waals surface area (Å²) in [5, 5.41) is 5.98. The third kappa shape index (κ3) is 0.849. The van der Waals surface area contributed by atoms with Gasteiger partial charge in [-0.05, 0) is 0 Å². The van der Waals surface area contributed by atoms with Crippen LogP contribution in [0.25, 0.3) is 0 Å². The van der Waals surface area contributed by atoms with Crippen molar-refractivity contribution >= 4 is 24.4 Å². The highest BCUT2D eigenvalue weighted by atomic mass is 32.2. The Morgan fingerprint density at radius 2 is 2.83 bits per heavy atom. The zero-order chi connectivity index (χ0) is 4.41. The molecule has 1 nitrogen and oxygen atoms in total. The lowest BCUT2D eigenvalue weighted by Gasteiger charge is -1.86. The van der Waals surface area contributed by atoms with Crippen LogP contribution in [0.4, 0.5) is 0 Å².